The lowest BCUT2D eigenvalue weighted by Crippen LogP contribution is -2.07. The summed E-state index contributed by atoms with van der Waals surface area (Å²) in [5, 5.41) is 6.66. The number of aromatic nitrogens is 2. The second-order valence-electron chi connectivity index (χ2n) is 4.60. The molecule has 2 aromatic rings. The molecule has 0 bridgehead atoms. The van der Waals surface area contributed by atoms with E-state index in [0.29, 0.717) is 0 Å². The normalized spacial score (nSPS) is 10.7. The van der Waals surface area contributed by atoms with Gasteiger partial charge in [-0.1, -0.05) is 32.9 Å². The molecule has 0 atom stereocenters. The van der Waals surface area contributed by atoms with Gasteiger partial charge >= 0.3 is 0 Å². The van der Waals surface area contributed by atoms with Gasteiger partial charge in [-0.3, -0.25) is 4.79 Å². The highest BCUT2D eigenvalue weighted by atomic mass is 16.1. The van der Waals surface area contributed by atoms with Gasteiger partial charge in [-0.15, -0.1) is 0 Å². The molecule has 3 nitrogen and oxygen atoms in total. The predicted molar refractivity (Wildman–Crippen MR) is 78.4 cm³/mol. The molecule has 1 aromatic carbocycles. The van der Waals surface area contributed by atoms with Gasteiger partial charge in [0.1, 0.15) is 0 Å². The summed E-state index contributed by atoms with van der Waals surface area (Å²) in [4.78, 5) is 11.1. The Hall–Kier alpha value is -1.90. The minimum Gasteiger partial charge on any atom is -0.268 e. The number of nitrogens with one attached hydrogen (secondary N) is 1. The van der Waals surface area contributed by atoms with Gasteiger partial charge in [-0.25, -0.2) is 5.10 Å². The fourth-order valence-corrected chi connectivity index (χ4v) is 2.65. The van der Waals surface area contributed by atoms with E-state index in [9.17, 15) is 4.79 Å². The number of aromatic amines is 1. The molecule has 1 heterocycles. The van der Waals surface area contributed by atoms with E-state index in [2.05, 4.69) is 43.1 Å². The first-order valence-corrected chi connectivity index (χ1v) is 6.90. The Morgan fingerprint density at radius 2 is 1.68 bits per heavy atom. The van der Waals surface area contributed by atoms with E-state index in [1.54, 1.807) is 6.07 Å². The minimum absolute atomic E-state index is 0.164. The molecular weight excluding hydrogens is 236 g/mol. The van der Waals surface area contributed by atoms with Crippen LogP contribution in [0, 0.1) is 0 Å². The molecule has 1 aromatic heterocycles. The van der Waals surface area contributed by atoms with Crippen molar-refractivity contribution in [2.24, 2.45) is 0 Å². The highest BCUT2D eigenvalue weighted by Gasteiger charge is 2.12. The number of aryl methyl sites for hydroxylation is 1. The van der Waals surface area contributed by atoms with E-state index in [-0.39, 0.29) is 5.56 Å². The fraction of sp³-hybridized carbons (Fsp3) is 0.375. The molecule has 0 aliphatic heterocycles. The van der Waals surface area contributed by atoms with Gasteiger partial charge in [0.25, 0.3) is 5.56 Å². The zero-order valence-electron chi connectivity index (χ0n) is 11.8. The zero-order valence-corrected chi connectivity index (χ0v) is 11.8. The average molecular weight is 256 g/mol. The van der Waals surface area contributed by atoms with Crippen LogP contribution in [0.1, 0.15) is 37.5 Å². The molecule has 0 spiro atoms. The summed E-state index contributed by atoms with van der Waals surface area (Å²) >= 11 is 0. The maximum absolute atomic E-state index is 11.1. The first-order valence-electron chi connectivity index (χ1n) is 6.90. The van der Waals surface area contributed by atoms with Crippen molar-refractivity contribution in [2.75, 3.05) is 0 Å². The van der Waals surface area contributed by atoms with Gasteiger partial charge in [-0.05, 0) is 42.0 Å². The summed E-state index contributed by atoms with van der Waals surface area (Å²) in [7, 11) is 0. The van der Waals surface area contributed by atoms with Crippen molar-refractivity contribution in [3.05, 3.63) is 51.3 Å². The van der Waals surface area contributed by atoms with Crippen LogP contribution in [-0.4, -0.2) is 10.2 Å². The second-order valence-corrected chi connectivity index (χ2v) is 4.60. The molecule has 0 saturated carbocycles. The lowest BCUT2D eigenvalue weighted by molar-refractivity contribution is 0.964. The monoisotopic (exact) mass is 256 g/mol. The lowest BCUT2D eigenvalue weighted by Gasteiger charge is -2.16. The molecule has 3 heteroatoms. The van der Waals surface area contributed by atoms with Gasteiger partial charge in [0.05, 0.1) is 5.69 Å². The van der Waals surface area contributed by atoms with Gasteiger partial charge in [0.2, 0.25) is 0 Å². The van der Waals surface area contributed by atoms with Crippen LogP contribution in [0.15, 0.2) is 29.1 Å². The van der Waals surface area contributed by atoms with Crippen LogP contribution in [0.5, 0.6) is 0 Å². The van der Waals surface area contributed by atoms with Crippen molar-refractivity contribution in [3.63, 3.8) is 0 Å². The highest BCUT2D eigenvalue weighted by Crippen LogP contribution is 2.28. The Kier molecular flexibility index (Phi) is 4.15. The second kappa shape index (κ2) is 5.83. The molecule has 0 radical (unpaired) electrons. The van der Waals surface area contributed by atoms with Crippen LogP contribution in [-0.2, 0) is 19.3 Å². The summed E-state index contributed by atoms with van der Waals surface area (Å²) in [5.41, 5.74) is 5.99. The van der Waals surface area contributed by atoms with E-state index < -0.39 is 0 Å². The molecule has 0 saturated heterocycles. The van der Waals surface area contributed by atoms with Crippen molar-refractivity contribution < 1.29 is 0 Å². The van der Waals surface area contributed by atoms with E-state index in [1.807, 2.05) is 0 Å². The number of H-pyrrole nitrogens is 1. The number of nitrogens with zero attached hydrogens (tertiary/aromatic N) is 1. The predicted octanol–water partition coefficient (Wildman–Crippen LogP) is 3.12. The zero-order chi connectivity index (χ0) is 13.8. The standard InChI is InChI=1S/C16H20N2O/c1-4-11-7-8-14(13(6-3)12(11)5-2)15-9-10-16(19)18-17-15/h7-10H,4-6H2,1-3H3,(H,18,19). The summed E-state index contributed by atoms with van der Waals surface area (Å²) in [6.07, 6.45) is 3.06. The highest BCUT2D eigenvalue weighted by molar-refractivity contribution is 5.66. The molecule has 0 amide bonds. The van der Waals surface area contributed by atoms with E-state index >= 15 is 0 Å². The van der Waals surface area contributed by atoms with Crippen LogP contribution in [0.3, 0.4) is 0 Å². The molecule has 1 N–H and O–H groups in total. The lowest BCUT2D eigenvalue weighted by atomic mass is 9.90. The van der Waals surface area contributed by atoms with Crippen LogP contribution >= 0.6 is 0 Å². The van der Waals surface area contributed by atoms with Crippen molar-refractivity contribution in [3.8, 4) is 11.3 Å². The molecule has 0 fully saturated rings. The van der Waals surface area contributed by atoms with Gasteiger partial charge in [-0.2, -0.15) is 5.10 Å². The largest absolute Gasteiger partial charge is 0.268 e. The Labute approximate surface area is 113 Å². The van der Waals surface area contributed by atoms with Crippen molar-refractivity contribution in [2.45, 2.75) is 40.0 Å². The molecule has 2 rings (SSSR count). The van der Waals surface area contributed by atoms with Crippen LogP contribution in [0.2, 0.25) is 0 Å². The Balaban J connectivity index is 2.63. The quantitative estimate of drug-likeness (QED) is 0.913. The van der Waals surface area contributed by atoms with Gasteiger partial charge < -0.3 is 0 Å². The number of hydrogen-bond acceptors (Lipinski definition) is 2. The summed E-state index contributed by atoms with van der Waals surface area (Å²) in [6.45, 7) is 6.55. The Morgan fingerprint density at radius 3 is 2.21 bits per heavy atom. The summed E-state index contributed by atoms with van der Waals surface area (Å²) in [6, 6.07) is 7.62. The first-order chi connectivity index (χ1) is 9.21. The molecule has 0 unspecified atom stereocenters. The van der Waals surface area contributed by atoms with E-state index in [0.717, 1.165) is 30.5 Å². The SMILES string of the molecule is CCc1ccc(-c2ccc(=O)[nH]n2)c(CC)c1CC. The minimum atomic E-state index is -0.164. The third-order valence-electron chi connectivity index (χ3n) is 3.57. The first kappa shape index (κ1) is 13.5. The number of rotatable bonds is 4. The number of hydrogen-bond donors (Lipinski definition) is 1. The topological polar surface area (TPSA) is 45.8 Å². The van der Waals surface area contributed by atoms with Crippen molar-refractivity contribution >= 4 is 0 Å². The number of benzene rings is 1. The Morgan fingerprint density at radius 1 is 0.947 bits per heavy atom. The third kappa shape index (κ3) is 2.60. The molecule has 0 aliphatic rings. The summed E-state index contributed by atoms with van der Waals surface area (Å²) in [5.74, 6) is 0. The van der Waals surface area contributed by atoms with Crippen LogP contribution in [0.25, 0.3) is 11.3 Å². The van der Waals surface area contributed by atoms with E-state index in [4.69, 9.17) is 0 Å². The van der Waals surface area contributed by atoms with Crippen LogP contribution < -0.4 is 5.56 Å². The molecule has 19 heavy (non-hydrogen) atoms. The average Bonchev–Trinajstić information content (AvgIpc) is 2.46. The van der Waals surface area contributed by atoms with Crippen LogP contribution in [0.4, 0.5) is 0 Å². The fourth-order valence-electron chi connectivity index (χ4n) is 2.65. The third-order valence-corrected chi connectivity index (χ3v) is 3.57. The van der Waals surface area contributed by atoms with Gasteiger partial charge in [0, 0.05) is 11.6 Å². The Bertz CT molecular complexity index is 609. The van der Waals surface area contributed by atoms with E-state index in [1.165, 1.54) is 22.8 Å². The van der Waals surface area contributed by atoms with Gasteiger partial charge in [0.15, 0.2) is 0 Å². The maximum Gasteiger partial charge on any atom is 0.264 e. The molecule has 0 aliphatic carbocycles. The molecule has 100 valence electrons. The maximum atomic E-state index is 11.1. The van der Waals surface area contributed by atoms with Crippen molar-refractivity contribution in [1.82, 2.24) is 10.2 Å². The summed E-state index contributed by atoms with van der Waals surface area (Å²) < 4.78 is 0. The molecular formula is C16H20N2O. The smallest absolute Gasteiger partial charge is 0.264 e. The van der Waals surface area contributed by atoms with Crippen molar-refractivity contribution in [1.29, 1.82) is 0 Å².